The highest BCUT2D eigenvalue weighted by Crippen LogP contribution is 2.48. The standard InChI is InChI=1S/C29H36N4/c1-2-18-17-33-14-12-23-21-8-4-6-10-25(21)32-29(23)27(33)16-19(18)15-26-28-22(11-13-30-26)20-7-3-5-9-24(20)31-28/h3-10,18-19,23,26-27,29-32H,2,11-17H2,1H3/t18-,19-,23?,26-,27+,29?/m0/s1. The molecule has 3 N–H and O–H groups in total. The van der Waals surface area contributed by atoms with Gasteiger partial charge in [-0.3, -0.25) is 4.90 Å². The largest absolute Gasteiger partial charge is 0.380 e. The quantitative estimate of drug-likeness (QED) is 0.508. The Bertz CT molecular complexity index is 1170. The molecule has 33 heavy (non-hydrogen) atoms. The minimum absolute atomic E-state index is 0.458. The molecule has 0 saturated carbocycles. The fourth-order valence-electron chi connectivity index (χ4n) is 7.81. The van der Waals surface area contributed by atoms with Crippen molar-refractivity contribution in [1.29, 1.82) is 0 Å². The normalized spacial score (nSPS) is 33.1. The molecule has 0 bridgehead atoms. The molecule has 7 rings (SSSR count). The average molecular weight is 441 g/mol. The van der Waals surface area contributed by atoms with Crippen molar-refractivity contribution in [3.05, 3.63) is 65.4 Å². The van der Waals surface area contributed by atoms with Gasteiger partial charge in [0.2, 0.25) is 0 Å². The number of nitrogens with one attached hydrogen (secondary N) is 3. The van der Waals surface area contributed by atoms with Gasteiger partial charge >= 0.3 is 0 Å². The number of aromatic nitrogens is 1. The lowest BCUT2D eigenvalue weighted by atomic mass is 9.71. The number of H-pyrrole nitrogens is 1. The first-order valence-electron chi connectivity index (χ1n) is 13.2. The molecule has 3 aromatic rings. The number of fused-ring (bicyclic) bond motifs is 8. The van der Waals surface area contributed by atoms with Crippen molar-refractivity contribution in [2.75, 3.05) is 25.0 Å². The maximum atomic E-state index is 3.96. The fourth-order valence-corrected chi connectivity index (χ4v) is 7.81. The average Bonchev–Trinajstić information content (AvgIpc) is 3.43. The Hall–Kier alpha value is -2.30. The molecular formula is C29H36N4. The van der Waals surface area contributed by atoms with Gasteiger partial charge in [0.15, 0.2) is 0 Å². The maximum absolute atomic E-state index is 3.96. The molecule has 4 heteroatoms. The van der Waals surface area contributed by atoms with E-state index in [2.05, 4.69) is 76.0 Å². The van der Waals surface area contributed by atoms with Crippen molar-refractivity contribution >= 4 is 16.6 Å². The van der Waals surface area contributed by atoms with Gasteiger partial charge in [0.25, 0.3) is 0 Å². The number of benzene rings is 2. The number of aromatic amines is 1. The number of para-hydroxylation sites is 2. The second-order valence-corrected chi connectivity index (χ2v) is 10.9. The molecule has 0 amide bonds. The van der Waals surface area contributed by atoms with E-state index < -0.39 is 0 Å². The topological polar surface area (TPSA) is 43.1 Å². The first-order chi connectivity index (χ1) is 16.3. The lowest BCUT2D eigenvalue weighted by Crippen LogP contribution is -2.58. The molecule has 2 saturated heterocycles. The molecule has 4 aliphatic rings. The molecule has 2 aromatic carbocycles. The van der Waals surface area contributed by atoms with Crippen LogP contribution in [0.1, 0.15) is 61.4 Å². The van der Waals surface area contributed by atoms with Crippen LogP contribution in [0.25, 0.3) is 10.9 Å². The van der Waals surface area contributed by atoms with Crippen molar-refractivity contribution in [3.63, 3.8) is 0 Å². The summed E-state index contributed by atoms with van der Waals surface area (Å²) in [5.41, 5.74) is 7.28. The van der Waals surface area contributed by atoms with Crippen LogP contribution in [-0.4, -0.2) is 41.6 Å². The first kappa shape index (κ1) is 20.1. The van der Waals surface area contributed by atoms with Crippen LogP contribution in [0.3, 0.4) is 0 Å². The molecule has 2 unspecified atom stereocenters. The van der Waals surface area contributed by atoms with Crippen molar-refractivity contribution < 1.29 is 0 Å². The molecule has 0 aliphatic carbocycles. The summed E-state index contributed by atoms with van der Waals surface area (Å²) in [6.45, 7) is 6.05. The molecular weight excluding hydrogens is 404 g/mol. The lowest BCUT2D eigenvalue weighted by Gasteiger charge is -2.51. The van der Waals surface area contributed by atoms with Crippen molar-refractivity contribution in [2.24, 2.45) is 11.8 Å². The maximum Gasteiger partial charge on any atom is 0.0486 e. The molecule has 4 nitrogen and oxygen atoms in total. The second-order valence-electron chi connectivity index (χ2n) is 10.9. The number of hydrogen-bond acceptors (Lipinski definition) is 3. The zero-order valence-electron chi connectivity index (χ0n) is 19.7. The molecule has 0 radical (unpaired) electrons. The van der Waals surface area contributed by atoms with E-state index in [-0.39, 0.29) is 0 Å². The number of nitrogens with zero attached hydrogens (tertiary/aromatic N) is 1. The number of piperidine rings is 2. The highest BCUT2D eigenvalue weighted by Gasteiger charge is 2.47. The Labute approximate surface area is 197 Å². The minimum Gasteiger partial charge on any atom is -0.380 e. The Morgan fingerprint density at radius 3 is 2.85 bits per heavy atom. The monoisotopic (exact) mass is 440 g/mol. The summed E-state index contributed by atoms with van der Waals surface area (Å²) < 4.78 is 0. The number of rotatable bonds is 3. The van der Waals surface area contributed by atoms with E-state index >= 15 is 0 Å². The van der Waals surface area contributed by atoms with E-state index in [4.69, 9.17) is 0 Å². The Balaban J connectivity index is 1.16. The van der Waals surface area contributed by atoms with E-state index in [1.165, 1.54) is 61.1 Å². The first-order valence-corrected chi connectivity index (χ1v) is 13.2. The number of anilines is 1. The van der Waals surface area contributed by atoms with Gasteiger partial charge in [-0.05, 0) is 73.9 Å². The van der Waals surface area contributed by atoms with Crippen LogP contribution in [-0.2, 0) is 6.42 Å². The summed E-state index contributed by atoms with van der Waals surface area (Å²) in [5, 5.41) is 9.30. The highest BCUT2D eigenvalue weighted by molar-refractivity contribution is 5.85. The smallest absolute Gasteiger partial charge is 0.0486 e. The summed E-state index contributed by atoms with van der Waals surface area (Å²) >= 11 is 0. The third-order valence-corrected chi connectivity index (χ3v) is 9.43. The third-order valence-electron chi connectivity index (χ3n) is 9.43. The number of hydrogen-bond donors (Lipinski definition) is 3. The zero-order valence-corrected chi connectivity index (χ0v) is 19.7. The van der Waals surface area contributed by atoms with E-state index in [1.54, 1.807) is 11.1 Å². The Morgan fingerprint density at radius 2 is 1.91 bits per heavy atom. The molecule has 5 heterocycles. The second kappa shape index (κ2) is 7.89. The van der Waals surface area contributed by atoms with Crippen LogP contribution in [0.5, 0.6) is 0 Å². The predicted octanol–water partition coefficient (Wildman–Crippen LogP) is 5.44. The molecule has 0 spiro atoms. The van der Waals surface area contributed by atoms with Crippen LogP contribution in [0.4, 0.5) is 5.69 Å². The van der Waals surface area contributed by atoms with Gasteiger partial charge in [-0.2, -0.15) is 0 Å². The third kappa shape index (κ3) is 3.18. The fraction of sp³-hybridized carbons (Fsp3) is 0.517. The summed E-state index contributed by atoms with van der Waals surface area (Å²) in [6.07, 6.45) is 6.32. The predicted molar refractivity (Wildman–Crippen MR) is 136 cm³/mol. The van der Waals surface area contributed by atoms with Gasteiger partial charge in [0.1, 0.15) is 0 Å². The summed E-state index contributed by atoms with van der Waals surface area (Å²) in [6, 6.07) is 19.6. The highest BCUT2D eigenvalue weighted by atomic mass is 15.2. The zero-order chi connectivity index (χ0) is 21.9. The van der Waals surface area contributed by atoms with E-state index in [0.29, 0.717) is 24.0 Å². The van der Waals surface area contributed by atoms with Gasteiger partial charge < -0.3 is 15.6 Å². The van der Waals surface area contributed by atoms with E-state index in [0.717, 1.165) is 24.8 Å². The van der Waals surface area contributed by atoms with E-state index in [9.17, 15) is 0 Å². The van der Waals surface area contributed by atoms with E-state index in [1.807, 2.05) is 0 Å². The Kier molecular flexibility index (Phi) is 4.80. The van der Waals surface area contributed by atoms with Crippen LogP contribution < -0.4 is 10.6 Å². The minimum atomic E-state index is 0.458. The van der Waals surface area contributed by atoms with Crippen molar-refractivity contribution in [1.82, 2.24) is 15.2 Å². The SMILES string of the molecule is CC[C@H]1CN2CCC3c4ccccc4NC3[C@H]2C[C@@H]1C[C@@H]1NCCc2c1[nH]c1ccccc21. The van der Waals surface area contributed by atoms with Crippen LogP contribution in [0, 0.1) is 11.8 Å². The Morgan fingerprint density at radius 1 is 1.03 bits per heavy atom. The van der Waals surface area contributed by atoms with Gasteiger partial charge in [-0.15, -0.1) is 0 Å². The van der Waals surface area contributed by atoms with Crippen molar-refractivity contribution in [3.8, 4) is 0 Å². The van der Waals surface area contributed by atoms with Gasteiger partial charge in [0.05, 0.1) is 0 Å². The summed E-state index contributed by atoms with van der Waals surface area (Å²) in [5.74, 6) is 2.27. The summed E-state index contributed by atoms with van der Waals surface area (Å²) in [7, 11) is 0. The molecule has 4 aliphatic heterocycles. The summed E-state index contributed by atoms with van der Waals surface area (Å²) in [4.78, 5) is 6.65. The molecule has 6 atom stereocenters. The lowest BCUT2D eigenvalue weighted by molar-refractivity contribution is 0.0165. The van der Waals surface area contributed by atoms with Crippen LogP contribution >= 0.6 is 0 Å². The van der Waals surface area contributed by atoms with Crippen molar-refractivity contribution in [2.45, 2.75) is 63.1 Å². The van der Waals surface area contributed by atoms with Crippen LogP contribution in [0.2, 0.25) is 0 Å². The molecule has 172 valence electrons. The van der Waals surface area contributed by atoms with Gasteiger partial charge in [0, 0.05) is 52.9 Å². The molecule has 1 aromatic heterocycles. The van der Waals surface area contributed by atoms with Gasteiger partial charge in [-0.25, -0.2) is 0 Å². The van der Waals surface area contributed by atoms with Crippen LogP contribution in [0.15, 0.2) is 48.5 Å². The molecule has 2 fully saturated rings. The van der Waals surface area contributed by atoms with Gasteiger partial charge in [-0.1, -0.05) is 49.7 Å².